The maximum absolute atomic E-state index is 11.8. The largest absolute Gasteiger partial charge is 0.483 e. The second-order valence-corrected chi connectivity index (χ2v) is 6.93. The smallest absolute Gasteiger partial charge is 0.337 e. The Bertz CT molecular complexity index is 1050. The van der Waals surface area contributed by atoms with Gasteiger partial charge in [0.05, 0.1) is 11.3 Å². The number of benzene rings is 3. The molecule has 2 N–H and O–H groups in total. The van der Waals surface area contributed by atoms with Gasteiger partial charge in [-0.1, -0.05) is 30.3 Å². The fourth-order valence-corrected chi connectivity index (χ4v) is 3.18. The number of hydrogen-bond acceptors (Lipinski definition) is 3. The van der Waals surface area contributed by atoms with Crippen LogP contribution in [-0.4, -0.2) is 16.7 Å². The van der Waals surface area contributed by atoms with Crippen LogP contribution in [-0.2, 0) is 0 Å². The molecule has 4 heteroatoms. The lowest BCUT2D eigenvalue weighted by Crippen LogP contribution is -2.27. The molecule has 0 spiro atoms. The van der Waals surface area contributed by atoms with Crippen LogP contribution < -0.4 is 10.1 Å². The highest BCUT2D eigenvalue weighted by Crippen LogP contribution is 2.37. The average Bonchev–Trinajstić information content (AvgIpc) is 2.60. The minimum atomic E-state index is -0.962. The molecule has 3 aromatic carbocycles. The number of carbonyl (C=O) groups is 1. The molecule has 4 nitrogen and oxygen atoms in total. The molecule has 130 valence electrons. The van der Waals surface area contributed by atoms with E-state index in [2.05, 4.69) is 5.32 Å². The van der Waals surface area contributed by atoms with Gasteiger partial charge in [-0.15, -0.1) is 0 Å². The normalized spacial score (nSPS) is 14.5. The Morgan fingerprint density at radius 3 is 2.46 bits per heavy atom. The van der Waals surface area contributed by atoms with Crippen LogP contribution >= 0.6 is 0 Å². The zero-order chi connectivity index (χ0) is 18.3. The van der Waals surface area contributed by atoms with E-state index in [-0.39, 0.29) is 11.2 Å². The Balaban J connectivity index is 1.81. The Morgan fingerprint density at radius 2 is 1.73 bits per heavy atom. The van der Waals surface area contributed by atoms with E-state index in [0.29, 0.717) is 5.69 Å². The maximum Gasteiger partial charge on any atom is 0.337 e. The first-order valence-electron chi connectivity index (χ1n) is 8.47. The number of rotatable bonds is 3. The van der Waals surface area contributed by atoms with Crippen LogP contribution in [0.2, 0.25) is 0 Å². The van der Waals surface area contributed by atoms with Crippen molar-refractivity contribution in [2.75, 3.05) is 5.32 Å². The third-order valence-corrected chi connectivity index (χ3v) is 4.48. The minimum absolute atomic E-state index is 0.238. The number of nitrogens with one attached hydrogen (secondary N) is 1. The molecule has 3 aromatic rings. The molecular weight excluding hydrogens is 326 g/mol. The number of carboxylic acids is 1. The van der Waals surface area contributed by atoms with Crippen LogP contribution in [0.15, 0.2) is 60.7 Å². The summed E-state index contributed by atoms with van der Waals surface area (Å²) < 4.78 is 6.00. The fraction of sp³-hybridized carbons (Fsp3) is 0.136. The molecule has 0 aliphatic carbocycles. The van der Waals surface area contributed by atoms with E-state index in [0.717, 1.165) is 27.8 Å². The summed E-state index contributed by atoms with van der Waals surface area (Å²) in [4.78, 5) is 11.8. The lowest BCUT2D eigenvalue weighted by molar-refractivity contribution is 0.0698. The van der Waals surface area contributed by atoms with Gasteiger partial charge in [0.25, 0.3) is 0 Å². The van der Waals surface area contributed by atoms with Crippen molar-refractivity contribution in [1.82, 2.24) is 0 Å². The van der Waals surface area contributed by atoms with Crippen LogP contribution in [0, 0.1) is 0 Å². The van der Waals surface area contributed by atoms with Crippen molar-refractivity contribution in [2.24, 2.45) is 0 Å². The molecule has 0 amide bonds. The Morgan fingerprint density at radius 1 is 1.00 bits per heavy atom. The molecule has 1 heterocycles. The number of carboxylic acid groups (broad SMARTS) is 1. The third-order valence-electron chi connectivity index (χ3n) is 4.48. The highest BCUT2D eigenvalue weighted by atomic mass is 16.5. The molecule has 0 saturated carbocycles. The molecular formula is C22H19NO3. The van der Waals surface area contributed by atoms with E-state index in [1.807, 2.05) is 74.5 Å². The summed E-state index contributed by atoms with van der Waals surface area (Å²) in [7, 11) is 0. The second-order valence-electron chi connectivity index (χ2n) is 6.93. The quantitative estimate of drug-likeness (QED) is 0.661. The molecule has 0 unspecified atom stereocenters. The Hall–Kier alpha value is -3.27. The highest BCUT2D eigenvalue weighted by Gasteiger charge is 2.23. The SMILES string of the molecule is CC1(C)C=Cc2c(Nc3cc4ccccc4cc3C(=O)O)cccc2O1. The van der Waals surface area contributed by atoms with Crippen LogP contribution in [0.3, 0.4) is 0 Å². The average molecular weight is 345 g/mol. The van der Waals surface area contributed by atoms with Crippen molar-refractivity contribution in [2.45, 2.75) is 19.4 Å². The predicted molar refractivity (Wildman–Crippen MR) is 104 cm³/mol. The summed E-state index contributed by atoms with van der Waals surface area (Å²) in [5.74, 6) is -0.184. The van der Waals surface area contributed by atoms with Gasteiger partial charge in [-0.2, -0.15) is 0 Å². The highest BCUT2D eigenvalue weighted by molar-refractivity contribution is 6.02. The van der Waals surface area contributed by atoms with E-state index in [1.165, 1.54) is 0 Å². The molecule has 1 aliphatic heterocycles. The molecule has 0 atom stereocenters. The molecule has 0 aromatic heterocycles. The van der Waals surface area contributed by atoms with Gasteiger partial charge in [-0.3, -0.25) is 0 Å². The van der Waals surface area contributed by atoms with E-state index < -0.39 is 5.97 Å². The van der Waals surface area contributed by atoms with Crippen LogP contribution in [0.5, 0.6) is 5.75 Å². The Kier molecular flexibility index (Phi) is 3.69. The van der Waals surface area contributed by atoms with E-state index in [9.17, 15) is 9.90 Å². The minimum Gasteiger partial charge on any atom is -0.483 e. The number of anilines is 2. The van der Waals surface area contributed by atoms with Crippen molar-refractivity contribution in [1.29, 1.82) is 0 Å². The summed E-state index contributed by atoms with van der Waals surface area (Å²) in [6.07, 6.45) is 4.02. The standard InChI is InChI=1S/C22H19NO3/c1-22(2)11-10-16-18(8-5-9-20(16)26-22)23-19-13-15-7-4-3-6-14(15)12-17(19)21(24)25/h3-13,23H,1-2H3,(H,24,25). The van der Waals surface area contributed by atoms with Gasteiger partial charge in [-0.25, -0.2) is 4.79 Å². The molecule has 4 rings (SSSR count). The molecule has 0 fully saturated rings. The van der Waals surface area contributed by atoms with Crippen molar-refractivity contribution in [3.63, 3.8) is 0 Å². The second kappa shape index (κ2) is 5.92. The number of hydrogen-bond donors (Lipinski definition) is 2. The van der Waals surface area contributed by atoms with Crippen molar-refractivity contribution in [3.05, 3.63) is 71.8 Å². The number of aromatic carboxylic acids is 1. The first-order valence-corrected chi connectivity index (χ1v) is 8.47. The monoisotopic (exact) mass is 345 g/mol. The van der Waals surface area contributed by atoms with Crippen molar-refractivity contribution >= 4 is 34.2 Å². The van der Waals surface area contributed by atoms with Gasteiger partial charge in [0.1, 0.15) is 11.4 Å². The van der Waals surface area contributed by atoms with Crippen LogP contribution in [0.4, 0.5) is 11.4 Å². The van der Waals surface area contributed by atoms with Gasteiger partial charge >= 0.3 is 5.97 Å². The van der Waals surface area contributed by atoms with Gasteiger partial charge in [0.15, 0.2) is 0 Å². The van der Waals surface area contributed by atoms with E-state index in [4.69, 9.17) is 4.74 Å². The lowest BCUT2D eigenvalue weighted by atomic mass is 10.0. The summed E-state index contributed by atoms with van der Waals surface area (Å²) in [5, 5.41) is 14.8. The number of fused-ring (bicyclic) bond motifs is 2. The Labute approximate surface area is 151 Å². The maximum atomic E-state index is 11.8. The van der Waals surface area contributed by atoms with E-state index in [1.54, 1.807) is 6.07 Å². The van der Waals surface area contributed by atoms with Crippen LogP contribution in [0.25, 0.3) is 16.8 Å². The fourth-order valence-electron chi connectivity index (χ4n) is 3.18. The van der Waals surface area contributed by atoms with Crippen molar-refractivity contribution in [3.8, 4) is 5.75 Å². The number of ether oxygens (including phenoxy) is 1. The third kappa shape index (κ3) is 2.90. The molecule has 0 radical (unpaired) electrons. The predicted octanol–water partition coefficient (Wildman–Crippen LogP) is 5.47. The molecule has 0 saturated heterocycles. The summed E-state index contributed by atoms with van der Waals surface area (Å²) in [5.41, 5.74) is 2.16. The van der Waals surface area contributed by atoms with Gasteiger partial charge < -0.3 is 15.2 Å². The van der Waals surface area contributed by atoms with Crippen LogP contribution in [0.1, 0.15) is 29.8 Å². The lowest BCUT2D eigenvalue weighted by Gasteiger charge is -2.29. The first-order chi connectivity index (χ1) is 12.4. The molecule has 0 bridgehead atoms. The summed E-state index contributed by atoms with van der Waals surface area (Å²) in [6.45, 7) is 4.00. The van der Waals surface area contributed by atoms with E-state index >= 15 is 0 Å². The van der Waals surface area contributed by atoms with Gasteiger partial charge in [0, 0.05) is 11.3 Å². The summed E-state index contributed by atoms with van der Waals surface area (Å²) >= 11 is 0. The topological polar surface area (TPSA) is 58.6 Å². The van der Waals surface area contributed by atoms with Gasteiger partial charge in [-0.05, 0) is 61.0 Å². The zero-order valence-corrected chi connectivity index (χ0v) is 14.6. The summed E-state index contributed by atoms with van der Waals surface area (Å²) in [6, 6.07) is 17.0. The van der Waals surface area contributed by atoms with Gasteiger partial charge in [0.2, 0.25) is 0 Å². The molecule has 1 aliphatic rings. The zero-order valence-electron chi connectivity index (χ0n) is 14.6. The molecule has 26 heavy (non-hydrogen) atoms. The first kappa shape index (κ1) is 16.2. The van der Waals surface area contributed by atoms with Crippen molar-refractivity contribution < 1.29 is 14.6 Å².